The highest BCUT2D eigenvalue weighted by atomic mass is 28.4. The SMILES string of the molecule is CC[Si](C)(C)O[Si](C)(C)CCC12CCC(C1)C1OC12. The third kappa shape index (κ3) is 2.61. The zero-order valence-corrected chi connectivity index (χ0v) is 15.3. The van der Waals surface area contributed by atoms with Crippen LogP contribution in [-0.2, 0) is 8.85 Å². The van der Waals surface area contributed by atoms with E-state index in [0.717, 1.165) is 5.92 Å². The Labute approximate surface area is 120 Å². The van der Waals surface area contributed by atoms with E-state index in [0.29, 0.717) is 17.6 Å². The van der Waals surface area contributed by atoms with E-state index in [1.54, 1.807) is 0 Å². The monoisotopic (exact) mass is 298 g/mol. The lowest BCUT2D eigenvalue weighted by atomic mass is 9.81. The molecule has 0 aromatic heterocycles. The Morgan fingerprint density at radius 3 is 2.53 bits per heavy atom. The van der Waals surface area contributed by atoms with Crippen LogP contribution in [-0.4, -0.2) is 28.8 Å². The van der Waals surface area contributed by atoms with Gasteiger partial charge in [0.2, 0.25) is 0 Å². The Morgan fingerprint density at radius 2 is 1.95 bits per heavy atom. The van der Waals surface area contributed by atoms with E-state index < -0.39 is 16.6 Å². The van der Waals surface area contributed by atoms with Crippen LogP contribution in [0.15, 0.2) is 0 Å². The lowest BCUT2D eigenvalue weighted by Crippen LogP contribution is -2.44. The minimum absolute atomic E-state index is 0.570. The predicted molar refractivity (Wildman–Crippen MR) is 84.4 cm³/mol. The minimum atomic E-state index is -1.48. The van der Waals surface area contributed by atoms with Crippen LogP contribution in [0.2, 0.25) is 38.3 Å². The van der Waals surface area contributed by atoms with Gasteiger partial charge in [0.1, 0.15) is 0 Å². The lowest BCUT2D eigenvalue weighted by molar-refractivity contribution is 0.170. The molecule has 3 fully saturated rings. The molecule has 0 spiro atoms. The fourth-order valence-electron chi connectivity index (χ4n) is 4.50. The van der Waals surface area contributed by atoms with E-state index in [1.807, 2.05) is 0 Å². The zero-order valence-electron chi connectivity index (χ0n) is 13.3. The van der Waals surface area contributed by atoms with E-state index in [-0.39, 0.29) is 0 Å². The van der Waals surface area contributed by atoms with Crippen LogP contribution in [0.3, 0.4) is 0 Å². The first kappa shape index (κ1) is 14.3. The molecule has 3 rings (SSSR count). The summed E-state index contributed by atoms with van der Waals surface area (Å²) < 4.78 is 12.5. The normalized spacial score (nSPS) is 40.6. The Kier molecular flexibility index (Phi) is 3.33. The smallest absolute Gasteiger partial charge is 0.173 e. The van der Waals surface area contributed by atoms with Gasteiger partial charge in [-0.1, -0.05) is 6.92 Å². The molecule has 4 heteroatoms. The molecule has 2 saturated carbocycles. The standard InChI is InChI=1S/C15H30O2Si2/c1-6-18(2,3)17-19(4,5)10-9-15-8-7-12(11-15)13-14(15)16-13/h12-14H,6-11H2,1-5H3. The fourth-order valence-corrected chi connectivity index (χ4v) is 12.6. The van der Waals surface area contributed by atoms with Crippen molar-refractivity contribution >= 4 is 16.6 Å². The van der Waals surface area contributed by atoms with E-state index in [2.05, 4.69) is 33.1 Å². The zero-order chi connectivity index (χ0) is 13.9. The molecule has 3 aliphatic rings. The van der Waals surface area contributed by atoms with Crippen LogP contribution in [0.5, 0.6) is 0 Å². The second kappa shape index (κ2) is 4.42. The largest absolute Gasteiger partial charge is 0.456 e. The summed E-state index contributed by atoms with van der Waals surface area (Å²) in [5.74, 6) is 0.914. The van der Waals surface area contributed by atoms with Crippen molar-refractivity contribution in [3.05, 3.63) is 0 Å². The van der Waals surface area contributed by atoms with Crippen molar-refractivity contribution in [2.45, 2.75) is 83.1 Å². The molecule has 0 N–H and O–H groups in total. The van der Waals surface area contributed by atoms with Gasteiger partial charge in [-0.25, -0.2) is 0 Å². The summed E-state index contributed by atoms with van der Waals surface area (Å²) in [6.07, 6.45) is 7.00. The van der Waals surface area contributed by atoms with Gasteiger partial charge in [0.25, 0.3) is 0 Å². The highest BCUT2D eigenvalue weighted by molar-refractivity contribution is 6.84. The molecule has 0 aromatic carbocycles. The van der Waals surface area contributed by atoms with Crippen LogP contribution in [0, 0.1) is 11.3 Å². The first-order chi connectivity index (χ1) is 8.77. The van der Waals surface area contributed by atoms with Crippen molar-refractivity contribution in [1.82, 2.24) is 0 Å². The molecule has 4 unspecified atom stereocenters. The molecule has 2 bridgehead atoms. The second-order valence-electron chi connectivity index (χ2n) is 8.36. The minimum Gasteiger partial charge on any atom is -0.456 e. The summed E-state index contributed by atoms with van der Waals surface area (Å²) >= 11 is 0. The average molecular weight is 299 g/mol. The van der Waals surface area contributed by atoms with E-state index in [4.69, 9.17) is 8.85 Å². The van der Waals surface area contributed by atoms with Crippen LogP contribution in [0.1, 0.15) is 32.6 Å². The van der Waals surface area contributed by atoms with Crippen LogP contribution in [0.4, 0.5) is 0 Å². The van der Waals surface area contributed by atoms with E-state index >= 15 is 0 Å². The summed E-state index contributed by atoms with van der Waals surface area (Å²) in [7, 11) is -2.87. The molecule has 0 aromatic rings. The molecular formula is C15H30O2Si2. The highest BCUT2D eigenvalue weighted by Crippen LogP contribution is 2.66. The first-order valence-electron chi connectivity index (χ1n) is 8.13. The maximum Gasteiger partial charge on any atom is 0.173 e. The van der Waals surface area contributed by atoms with Gasteiger partial charge in [0.15, 0.2) is 16.6 Å². The Morgan fingerprint density at radius 1 is 1.21 bits per heavy atom. The summed E-state index contributed by atoms with van der Waals surface area (Å²) in [6.45, 7) is 11.9. The third-order valence-electron chi connectivity index (χ3n) is 5.90. The quantitative estimate of drug-likeness (QED) is 0.536. The van der Waals surface area contributed by atoms with Gasteiger partial charge in [-0.3, -0.25) is 0 Å². The maximum atomic E-state index is 6.62. The number of ether oxygens (including phenoxy) is 1. The van der Waals surface area contributed by atoms with Crippen LogP contribution < -0.4 is 0 Å². The predicted octanol–water partition coefficient (Wildman–Crippen LogP) is 4.39. The first-order valence-corrected chi connectivity index (χ1v) is 14.4. The van der Waals surface area contributed by atoms with Gasteiger partial charge in [-0.05, 0) is 75.3 Å². The summed E-state index contributed by atoms with van der Waals surface area (Å²) in [5, 5.41) is 0. The topological polar surface area (TPSA) is 21.8 Å². The van der Waals surface area contributed by atoms with Crippen molar-refractivity contribution < 1.29 is 8.85 Å². The van der Waals surface area contributed by atoms with Crippen LogP contribution in [0.25, 0.3) is 0 Å². The van der Waals surface area contributed by atoms with Gasteiger partial charge in [-0.15, -0.1) is 0 Å². The van der Waals surface area contributed by atoms with Crippen molar-refractivity contribution in [2.24, 2.45) is 11.3 Å². The fraction of sp³-hybridized carbons (Fsp3) is 1.00. The third-order valence-corrected chi connectivity index (χ3v) is 13.5. The number of hydrogen-bond donors (Lipinski definition) is 0. The summed E-state index contributed by atoms with van der Waals surface area (Å²) in [5.41, 5.74) is 0.570. The molecule has 1 saturated heterocycles. The summed E-state index contributed by atoms with van der Waals surface area (Å²) in [6, 6.07) is 2.58. The lowest BCUT2D eigenvalue weighted by Gasteiger charge is -2.36. The number of rotatable bonds is 6. The van der Waals surface area contributed by atoms with Gasteiger partial charge < -0.3 is 8.85 Å². The van der Waals surface area contributed by atoms with Crippen molar-refractivity contribution in [3.8, 4) is 0 Å². The highest BCUT2D eigenvalue weighted by Gasteiger charge is 2.67. The maximum absolute atomic E-state index is 6.62. The van der Waals surface area contributed by atoms with Gasteiger partial charge >= 0.3 is 0 Å². The number of hydrogen-bond acceptors (Lipinski definition) is 2. The molecule has 2 aliphatic carbocycles. The molecule has 0 radical (unpaired) electrons. The van der Waals surface area contributed by atoms with E-state index in [1.165, 1.54) is 37.8 Å². The molecule has 2 nitrogen and oxygen atoms in total. The molecule has 110 valence electrons. The van der Waals surface area contributed by atoms with Crippen molar-refractivity contribution in [1.29, 1.82) is 0 Å². The molecule has 4 atom stereocenters. The van der Waals surface area contributed by atoms with Gasteiger partial charge in [0.05, 0.1) is 12.2 Å². The number of fused-ring (bicyclic) bond motifs is 5. The van der Waals surface area contributed by atoms with Gasteiger partial charge in [0, 0.05) is 0 Å². The second-order valence-corrected chi connectivity index (χ2v) is 17.4. The van der Waals surface area contributed by atoms with Crippen molar-refractivity contribution in [3.63, 3.8) is 0 Å². The summed E-state index contributed by atoms with van der Waals surface area (Å²) in [4.78, 5) is 0. The Bertz CT molecular complexity index is 369. The molecular weight excluding hydrogens is 268 g/mol. The number of epoxide rings is 1. The van der Waals surface area contributed by atoms with E-state index in [9.17, 15) is 0 Å². The molecule has 1 aliphatic heterocycles. The Balaban J connectivity index is 1.57. The molecule has 0 amide bonds. The van der Waals surface area contributed by atoms with Crippen molar-refractivity contribution in [2.75, 3.05) is 0 Å². The average Bonchev–Trinajstić information content (AvgIpc) is 2.96. The van der Waals surface area contributed by atoms with Crippen LogP contribution >= 0.6 is 0 Å². The molecule has 19 heavy (non-hydrogen) atoms. The Hall–Kier alpha value is 0.354. The van der Waals surface area contributed by atoms with Gasteiger partial charge in [-0.2, -0.15) is 0 Å². The molecule has 1 heterocycles.